The van der Waals surface area contributed by atoms with E-state index in [2.05, 4.69) is 9.98 Å². The first kappa shape index (κ1) is 17.2. The summed E-state index contributed by atoms with van der Waals surface area (Å²) in [6, 6.07) is 12.7. The summed E-state index contributed by atoms with van der Waals surface area (Å²) in [4.78, 5) is 21.3. The Bertz CT molecular complexity index is 980. The van der Waals surface area contributed by atoms with Crippen LogP contribution in [-0.2, 0) is 0 Å². The lowest BCUT2D eigenvalue weighted by atomic mass is 10.2. The maximum atomic E-state index is 12.6. The molecular formula is C19H18ClN3O2. The molecule has 0 aliphatic rings. The predicted molar refractivity (Wildman–Crippen MR) is 98.0 cm³/mol. The number of carbonyl (C=O) groups is 1. The fraction of sp³-hybridized carbons (Fsp3) is 0.211. The van der Waals surface area contributed by atoms with Crippen LogP contribution >= 0.6 is 11.6 Å². The first-order chi connectivity index (χ1) is 12.1. The molecule has 3 rings (SSSR count). The quantitative estimate of drug-likeness (QED) is 0.716. The molecule has 25 heavy (non-hydrogen) atoms. The Morgan fingerprint density at radius 2 is 2.08 bits per heavy atom. The van der Waals surface area contributed by atoms with Gasteiger partial charge in [-0.15, -0.1) is 0 Å². The summed E-state index contributed by atoms with van der Waals surface area (Å²) < 4.78 is 7.21. The molecule has 0 aliphatic heterocycles. The van der Waals surface area contributed by atoms with Crippen LogP contribution in [0.4, 0.5) is 0 Å². The Balaban J connectivity index is 1.86. The third kappa shape index (κ3) is 3.88. The number of hydrogen-bond acceptors (Lipinski definition) is 4. The standard InChI is InChI=1S/C19H18ClN3O2/c1-13(2)22-17-7-3-4-11-23(17)18(24)12-25-16-9-8-15(20)14-6-5-10-21-19(14)16/h3-11,13H,12H2,1-2H3. The molecule has 0 spiro atoms. The van der Waals surface area contributed by atoms with Gasteiger partial charge in [-0.1, -0.05) is 17.7 Å². The monoisotopic (exact) mass is 355 g/mol. The van der Waals surface area contributed by atoms with Crippen LogP contribution in [0.25, 0.3) is 10.9 Å². The normalized spacial score (nSPS) is 11.9. The van der Waals surface area contributed by atoms with Gasteiger partial charge in [0.05, 0.1) is 5.02 Å². The molecule has 0 unspecified atom stereocenters. The summed E-state index contributed by atoms with van der Waals surface area (Å²) in [5.41, 5.74) is 1.23. The van der Waals surface area contributed by atoms with Gasteiger partial charge in [0.15, 0.2) is 6.61 Å². The molecule has 2 heterocycles. The smallest absolute Gasteiger partial charge is 0.270 e. The van der Waals surface area contributed by atoms with Crippen LogP contribution in [0.15, 0.2) is 59.9 Å². The van der Waals surface area contributed by atoms with Gasteiger partial charge in [-0.05, 0) is 50.2 Å². The van der Waals surface area contributed by atoms with Crippen molar-refractivity contribution in [3.63, 3.8) is 0 Å². The highest BCUT2D eigenvalue weighted by atomic mass is 35.5. The molecule has 0 fully saturated rings. The van der Waals surface area contributed by atoms with Crippen molar-refractivity contribution in [1.29, 1.82) is 0 Å². The van der Waals surface area contributed by atoms with Crippen LogP contribution in [0.3, 0.4) is 0 Å². The Morgan fingerprint density at radius 1 is 1.24 bits per heavy atom. The molecule has 0 bridgehead atoms. The summed E-state index contributed by atoms with van der Waals surface area (Å²) >= 11 is 6.18. The number of fused-ring (bicyclic) bond motifs is 1. The lowest BCUT2D eigenvalue weighted by Crippen LogP contribution is -2.31. The minimum Gasteiger partial charge on any atom is -0.481 e. The van der Waals surface area contributed by atoms with Crippen molar-refractivity contribution in [1.82, 2.24) is 9.55 Å². The second kappa shape index (κ2) is 7.49. The molecule has 0 aliphatic carbocycles. The molecule has 0 saturated carbocycles. The molecule has 0 N–H and O–H groups in total. The molecule has 128 valence electrons. The third-order valence-corrected chi connectivity index (χ3v) is 3.86. The molecule has 3 aromatic rings. The first-order valence-electron chi connectivity index (χ1n) is 7.97. The maximum Gasteiger partial charge on any atom is 0.270 e. The molecule has 6 heteroatoms. The van der Waals surface area contributed by atoms with Crippen LogP contribution in [0.1, 0.15) is 18.6 Å². The Hall–Kier alpha value is -2.66. The van der Waals surface area contributed by atoms with Crippen LogP contribution in [0.2, 0.25) is 5.02 Å². The van der Waals surface area contributed by atoms with E-state index in [9.17, 15) is 4.79 Å². The van der Waals surface area contributed by atoms with Crippen LogP contribution in [0, 0.1) is 0 Å². The van der Waals surface area contributed by atoms with Gasteiger partial charge in [0.25, 0.3) is 5.91 Å². The zero-order valence-corrected chi connectivity index (χ0v) is 14.8. The van der Waals surface area contributed by atoms with Crippen LogP contribution < -0.4 is 10.2 Å². The number of ether oxygens (including phenoxy) is 1. The summed E-state index contributed by atoms with van der Waals surface area (Å²) in [6.07, 6.45) is 3.35. The number of rotatable bonds is 4. The van der Waals surface area contributed by atoms with E-state index in [0.717, 1.165) is 5.39 Å². The predicted octanol–water partition coefficient (Wildman–Crippen LogP) is 3.72. The van der Waals surface area contributed by atoms with E-state index in [1.165, 1.54) is 4.57 Å². The van der Waals surface area contributed by atoms with Gasteiger partial charge in [0.1, 0.15) is 16.8 Å². The average molecular weight is 356 g/mol. The van der Waals surface area contributed by atoms with Crippen molar-refractivity contribution in [2.75, 3.05) is 6.61 Å². The fourth-order valence-electron chi connectivity index (χ4n) is 2.45. The van der Waals surface area contributed by atoms with E-state index >= 15 is 0 Å². The minimum atomic E-state index is -0.209. The van der Waals surface area contributed by atoms with Crippen molar-refractivity contribution in [2.24, 2.45) is 4.99 Å². The minimum absolute atomic E-state index is 0.0896. The lowest BCUT2D eigenvalue weighted by molar-refractivity contribution is 0.0832. The van der Waals surface area contributed by atoms with Gasteiger partial charge in [0.2, 0.25) is 0 Å². The van der Waals surface area contributed by atoms with E-state index in [4.69, 9.17) is 16.3 Å². The van der Waals surface area contributed by atoms with Crippen molar-refractivity contribution in [3.05, 3.63) is 65.4 Å². The number of carbonyl (C=O) groups excluding carboxylic acids is 1. The topological polar surface area (TPSA) is 56.5 Å². The summed E-state index contributed by atoms with van der Waals surface area (Å²) in [7, 11) is 0. The van der Waals surface area contributed by atoms with Gasteiger partial charge in [-0.25, -0.2) is 0 Å². The van der Waals surface area contributed by atoms with Crippen LogP contribution in [0.5, 0.6) is 5.75 Å². The first-order valence-corrected chi connectivity index (χ1v) is 8.35. The van der Waals surface area contributed by atoms with Crippen molar-refractivity contribution < 1.29 is 9.53 Å². The Morgan fingerprint density at radius 3 is 2.88 bits per heavy atom. The van der Waals surface area contributed by atoms with E-state index in [1.54, 1.807) is 36.7 Å². The summed E-state index contributed by atoms with van der Waals surface area (Å²) in [5, 5.41) is 1.38. The van der Waals surface area contributed by atoms with Gasteiger partial charge in [0, 0.05) is 23.8 Å². The molecule has 2 aromatic heterocycles. The second-order valence-corrected chi connectivity index (χ2v) is 6.19. The number of aromatic nitrogens is 2. The Kier molecular flexibility index (Phi) is 5.14. The zero-order chi connectivity index (χ0) is 17.8. The maximum absolute atomic E-state index is 12.6. The SMILES string of the molecule is CC(C)N=c1ccccn1C(=O)COc1ccc(Cl)c2cccnc12. The molecule has 0 saturated heterocycles. The molecular weight excluding hydrogens is 338 g/mol. The lowest BCUT2D eigenvalue weighted by Gasteiger charge is -2.11. The van der Waals surface area contributed by atoms with Gasteiger partial charge in [-0.3, -0.25) is 19.3 Å². The third-order valence-electron chi connectivity index (χ3n) is 3.53. The van der Waals surface area contributed by atoms with Crippen molar-refractivity contribution >= 4 is 28.4 Å². The highest BCUT2D eigenvalue weighted by molar-refractivity contribution is 6.35. The fourth-order valence-corrected chi connectivity index (χ4v) is 2.67. The highest BCUT2D eigenvalue weighted by Crippen LogP contribution is 2.29. The van der Waals surface area contributed by atoms with Gasteiger partial charge >= 0.3 is 0 Å². The zero-order valence-electron chi connectivity index (χ0n) is 14.0. The number of hydrogen-bond donors (Lipinski definition) is 0. The Labute approximate surface area is 150 Å². The highest BCUT2D eigenvalue weighted by Gasteiger charge is 2.11. The number of benzene rings is 1. The molecule has 1 aromatic carbocycles. The van der Waals surface area contributed by atoms with E-state index in [1.807, 2.05) is 32.0 Å². The van der Waals surface area contributed by atoms with E-state index in [0.29, 0.717) is 21.8 Å². The molecule has 0 amide bonds. The molecule has 0 radical (unpaired) electrons. The van der Waals surface area contributed by atoms with Gasteiger partial charge < -0.3 is 4.74 Å². The molecule has 0 atom stereocenters. The van der Waals surface area contributed by atoms with E-state index in [-0.39, 0.29) is 18.6 Å². The summed E-state index contributed by atoms with van der Waals surface area (Å²) in [5.74, 6) is 0.311. The van der Waals surface area contributed by atoms with Crippen molar-refractivity contribution in [2.45, 2.75) is 19.9 Å². The average Bonchev–Trinajstić information content (AvgIpc) is 2.61. The summed E-state index contributed by atoms with van der Waals surface area (Å²) in [6.45, 7) is 3.80. The van der Waals surface area contributed by atoms with E-state index < -0.39 is 0 Å². The number of pyridine rings is 2. The number of nitrogens with zero attached hydrogens (tertiary/aromatic N) is 3. The second-order valence-electron chi connectivity index (χ2n) is 5.78. The van der Waals surface area contributed by atoms with Gasteiger partial charge in [-0.2, -0.15) is 0 Å². The molecule has 5 nitrogen and oxygen atoms in total. The van der Waals surface area contributed by atoms with Crippen molar-refractivity contribution in [3.8, 4) is 5.75 Å². The number of halogens is 1. The van der Waals surface area contributed by atoms with Crippen LogP contribution in [-0.4, -0.2) is 28.1 Å². The largest absolute Gasteiger partial charge is 0.481 e.